The van der Waals surface area contributed by atoms with E-state index in [2.05, 4.69) is 59.7 Å². The second-order valence-corrected chi connectivity index (χ2v) is 6.75. The Hall–Kier alpha value is -1.69. The average Bonchev–Trinajstić information content (AvgIpc) is 3.05. The van der Waals surface area contributed by atoms with Crippen LogP contribution in [0.3, 0.4) is 0 Å². The monoisotopic (exact) mass is 304 g/mol. The van der Waals surface area contributed by atoms with Crippen molar-refractivity contribution in [1.29, 1.82) is 0 Å². The SMILES string of the molecule is CCCc1noc(C(C)SC2Nc3ccc(C)cc3N2)n1. The molecule has 0 spiro atoms. The van der Waals surface area contributed by atoms with Crippen LogP contribution in [0.2, 0.25) is 0 Å². The summed E-state index contributed by atoms with van der Waals surface area (Å²) in [4.78, 5) is 4.45. The van der Waals surface area contributed by atoms with Crippen molar-refractivity contribution in [2.75, 3.05) is 10.6 Å². The first kappa shape index (κ1) is 14.3. The molecule has 0 saturated heterocycles. The first-order valence-electron chi connectivity index (χ1n) is 7.27. The van der Waals surface area contributed by atoms with E-state index in [1.165, 1.54) is 5.56 Å². The Labute approximate surface area is 128 Å². The Morgan fingerprint density at radius 3 is 2.95 bits per heavy atom. The van der Waals surface area contributed by atoms with Crippen LogP contribution < -0.4 is 10.6 Å². The van der Waals surface area contributed by atoms with E-state index in [9.17, 15) is 0 Å². The summed E-state index contributed by atoms with van der Waals surface area (Å²) in [7, 11) is 0. The standard InChI is InChI=1S/C15H20N4OS/c1-4-5-13-18-14(20-19-13)10(3)21-15-16-11-7-6-9(2)8-12(11)17-15/h6-8,10,15-17H,4-5H2,1-3H3. The molecule has 1 aromatic carbocycles. The van der Waals surface area contributed by atoms with Crippen LogP contribution in [0, 0.1) is 6.92 Å². The second-order valence-electron chi connectivity index (χ2n) is 5.29. The predicted octanol–water partition coefficient (Wildman–Crippen LogP) is 3.95. The van der Waals surface area contributed by atoms with E-state index < -0.39 is 0 Å². The van der Waals surface area contributed by atoms with E-state index in [-0.39, 0.29) is 10.7 Å². The zero-order valence-electron chi connectivity index (χ0n) is 12.5. The molecule has 2 unspecified atom stereocenters. The molecule has 3 rings (SSSR count). The van der Waals surface area contributed by atoms with Crippen LogP contribution in [0.25, 0.3) is 0 Å². The van der Waals surface area contributed by atoms with Crippen LogP contribution in [-0.4, -0.2) is 15.6 Å². The van der Waals surface area contributed by atoms with Crippen molar-refractivity contribution in [2.45, 2.75) is 44.4 Å². The summed E-state index contributed by atoms with van der Waals surface area (Å²) < 4.78 is 5.35. The van der Waals surface area contributed by atoms with Crippen LogP contribution in [-0.2, 0) is 6.42 Å². The quantitative estimate of drug-likeness (QED) is 0.872. The number of anilines is 2. The highest BCUT2D eigenvalue weighted by atomic mass is 32.2. The molecule has 6 heteroatoms. The zero-order valence-corrected chi connectivity index (χ0v) is 13.3. The third kappa shape index (κ3) is 3.15. The van der Waals surface area contributed by atoms with Gasteiger partial charge in [-0.25, -0.2) is 0 Å². The van der Waals surface area contributed by atoms with Crippen molar-refractivity contribution < 1.29 is 4.52 Å². The van der Waals surface area contributed by atoms with Crippen molar-refractivity contribution in [3.05, 3.63) is 35.5 Å². The highest BCUT2D eigenvalue weighted by Gasteiger charge is 2.24. The lowest BCUT2D eigenvalue weighted by Gasteiger charge is -2.14. The fourth-order valence-electron chi connectivity index (χ4n) is 2.31. The summed E-state index contributed by atoms with van der Waals surface area (Å²) in [6.45, 7) is 6.30. The van der Waals surface area contributed by atoms with Gasteiger partial charge in [-0.15, -0.1) is 11.8 Å². The smallest absolute Gasteiger partial charge is 0.239 e. The molecule has 2 heterocycles. The molecule has 1 aliphatic heterocycles. The van der Waals surface area contributed by atoms with Crippen LogP contribution in [0.4, 0.5) is 11.4 Å². The Balaban J connectivity index is 1.62. The first-order valence-corrected chi connectivity index (χ1v) is 8.21. The molecule has 2 aromatic rings. The van der Waals surface area contributed by atoms with E-state index in [1.807, 2.05) is 0 Å². The summed E-state index contributed by atoms with van der Waals surface area (Å²) in [6.07, 6.45) is 1.90. The largest absolute Gasteiger partial charge is 0.355 e. The van der Waals surface area contributed by atoms with Gasteiger partial charge in [0.1, 0.15) is 5.50 Å². The summed E-state index contributed by atoms with van der Waals surface area (Å²) >= 11 is 1.74. The predicted molar refractivity (Wildman–Crippen MR) is 86.5 cm³/mol. The van der Waals surface area contributed by atoms with Crippen molar-refractivity contribution in [2.24, 2.45) is 0 Å². The molecular weight excluding hydrogens is 284 g/mol. The van der Waals surface area contributed by atoms with Gasteiger partial charge in [0.15, 0.2) is 5.82 Å². The highest BCUT2D eigenvalue weighted by Crippen LogP contribution is 2.38. The van der Waals surface area contributed by atoms with E-state index in [0.29, 0.717) is 5.89 Å². The fraction of sp³-hybridized carbons (Fsp3) is 0.467. The number of aromatic nitrogens is 2. The molecular formula is C15H20N4OS. The van der Waals surface area contributed by atoms with Gasteiger partial charge in [0.05, 0.1) is 16.6 Å². The molecule has 0 fully saturated rings. The molecule has 112 valence electrons. The molecule has 1 aromatic heterocycles. The number of thioether (sulfide) groups is 1. The van der Waals surface area contributed by atoms with Gasteiger partial charge in [0, 0.05) is 6.42 Å². The van der Waals surface area contributed by atoms with Gasteiger partial charge in [-0.1, -0.05) is 18.1 Å². The van der Waals surface area contributed by atoms with Crippen molar-refractivity contribution in [1.82, 2.24) is 10.1 Å². The summed E-state index contributed by atoms with van der Waals surface area (Å²) in [6, 6.07) is 6.37. The van der Waals surface area contributed by atoms with E-state index >= 15 is 0 Å². The highest BCUT2D eigenvalue weighted by molar-refractivity contribution is 8.00. The minimum absolute atomic E-state index is 0.123. The van der Waals surface area contributed by atoms with Gasteiger partial charge in [0.2, 0.25) is 5.89 Å². The molecule has 21 heavy (non-hydrogen) atoms. The minimum atomic E-state index is 0.123. The number of aryl methyl sites for hydroxylation is 2. The average molecular weight is 304 g/mol. The molecule has 0 aliphatic carbocycles. The lowest BCUT2D eigenvalue weighted by molar-refractivity contribution is 0.374. The Morgan fingerprint density at radius 1 is 1.33 bits per heavy atom. The van der Waals surface area contributed by atoms with Gasteiger partial charge in [-0.05, 0) is 38.0 Å². The molecule has 2 N–H and O–H groups in total. The van der Waals surface area contributed by atoms with Gasteiger partial charge in [-0.2, -0.15) is 4.98 Å². The van der Waals surface area contributed by atoms with Gasteiger partial charge in [-0.3, -0.25) is 0 Å². The molecule has 2 atom stereocenters. The van der Waals surface area contributed by atoms with Crippen LogP contribution in [0.5, 0.6) is 0 Å². The Morgan fingerprint density at radius 2 is 2.14 bits per heavy atom. The van der Waals surface area contributed by atoms with E-state index in [1.54, 1.807) is 11.8 Å². The first-order chi connectivity index (χ1) is 10.2. The molecule has 0 radical (unpaired) electrons. The number of nitrogens with zero attached hydrogens (tertiary/aromatic N) is 2. The fourth-order valence-corrected chi connectivity index (χ4v) is 3.32. The van der Waals surface area contributed by atoms with Gasteiger partial charge < -0.3 is 15.2 Å². The zero-order chi connectivity index (χ0) is 14.8. The normalized spacial score (nSPS) is 18.0. The Bertz CT molecular complexity index is 628. The third-order valence-electron chi connectivity index (χ3n) is 3.39. The number of fused-ring (bicyclic) bond motifs is 1. The third-order valence-corrected chi connectivity index (χ3v) is 4.51. The van der Waals surface area contributed by atoms with Crippen molar-refractivity contribution in [3.8, 4) is 0 Å². The summed E-state index contributed by atoms with van der Waals surface area (Å²) in [5.74, 6) is 1.49. The topological polar surface area (TPSA) is 63.0 Å². The van der Waals surface area contributed by atoms with Gasteiger partial charge >= 0.3 is 0 Å². The second kappa shape index (κ2) is 5.97. The van der Waals surface area contributed by atoms with Crippen LogP contribution >= 0.6 is 11.8 Å². The van der Waals surface area contributed by atoms with E-state index in [4.69, 9.17) is 4.52 Å². The Kier molecular flexibility index (Phi) is 4.05. The lowest BCUT2D eigenvalue weighted by atomic mass is 10.2. The van der Waals surface area contributed by atoms with Crippen molar-refractivity contribution in [3.63, 3.8) is 0 Å². The minimum Gasteiger partial charge on any atom is -0.355 e. The summed E-state index contributed by atoms with van der Waals surface area (Å²) in [5.41, 5.74) is 3.67. The molecule has 0 saturated carbocycles. The number of nitrogens with one attached hydrogen (secondary N) is 2. The van der Waals surface area contributed by atoms with E-state index in [0.717, 1.165) is 30.0 Å². The van der Waals surface area contributed by atoms with Crippen molar-refractivity contribution >= 4 is 23.1 Å². The number of hydrogen-bond donors (Lipinski definition) is 2. The van der Waals surface area contributed by atoms with Crippen LogP contribution in [0.1, 0.15) is 42.8 Å². The molecule has 0 bridgehead atoms. The number of benzene rings is 1. The molecule has 5 nitrogen and oxygen atoms in total. The number of rotatable bonds is 5. The van der Waals surface area contributed by atoms with Crippen LogP contribution in [0.15, 0.2) is 22.7 Å². The lowest BCUT2D eigenvalue weighted by Crippen LogP contribution is -2.18. The summed E-state index contributed by atoms with van der Waals surface area (Å²) in [5, 5.41) is 11.1. The number of hydrogen-bond acceptors (Lipinski definition) is 6. The maximum absolute atomic E-state index is 5.35. The molecule has 1 aliphatic rings. The maximum Gasteiger partial charge on any atom is 0.239 e. The molecule has 0 amide bonds. The maximum atomic E-state index is 5.35. The van der Waals surface area contributed by atoms with Gasteiger partial charge in [0.25, 0.3) is 0 Å².